The van der Waals surface area contributed by atoms with Gasteiger partial charge in [0, 0.05) is 13.1 Å². The number of hydrogen-bond acceptors (Lipinski definition) is 3. The van der Waals surface area contributed by atoms with E-state index in [2.05, 4.69) is 20.5 Å². The second kappa shape index (κ2) is 5.65. The van der Waals surface area contributed by atoms with Crippen molar-refractivity contribution >= 4 is 5.96 Å². The molecule has 1 fully saturated rings. The molecular formula is C11H20N6. The molecule has 2 rings (SSSR count). The Kier molecular flexibility index (Phi) is 3.95. The highest BCUT2D eigenvalue weighted by Gasteiger charge is 2.13. The molecule has 17 heavy (non-hydrogen) atoms. The second-order valence-electron chi connectivity index (χ2n) is 4.51. The van der Waals surface area contributed by atoms with Crippen molar-refractivity contribution in [3.63, 3.8) is 0 Å². The largest absolute Gasteiger partial charge is 0.370 e. The maximum Gasteiger partial charge on any atom is 0.189 e. The van der Waals surface area contributed by atoms with E-state index in [4.69, 9.17) is 5.73 Å². The number of nitrogens with zero attached hydrogens (tertiary/aromatic N) is 4. The number of rotatable bonds is 3. The van der Waals surface area contributed by atoms with Gasteiger partial charge in [-0.05, 0) is 12.8 Å². The Labute approximate surface area is 101 Å². The minimum Gasteiger partial charge on any atom is -0.370 e. The molecule has 1 heterocycles. The van der Waals surface area contributed by atoms with Crippen LogP contribution >= 0.6 is 0 Å². The van der Waals surface area contributed by atoms with Gasteiger partial charge < -0.3 is 11.1 Å². The summed E-state index contributed by atoms with van der Waals surface area (Å²) in [5.41, 5.74) is 6.68. The molecule has 0 aromatic carbocycles. The van der Waals surface area contributed by atoms with Crippen molar-refractivity contribution in [3.05, 3.63) is 11.9 Å². The van der Waals surface area contributed by atoms with Gasteiger partial charge in [-0.3, -0.25) is 0 Å². The molecule has 94 valence electrons. The number of nitrogens with two attached hydrogens (primary N) is 1. The van der Waals surface area contributed by atoms with Crippen molar-refractivity contribution in [2.24, 2.45) is 17.8 Å². The SMILES string of the molecule is Cn1ncc(CN=C(N)NC2CCCCC2)n1. The molecule has 0 radical (unpaired) electrons. The number of guanidine groups is 1. The van der Waals surface area contributed by atoms with Crippen LogP contribution in [0.3, 0.4) is 0 Å². The van der Waals surface area contributed by atoms with Crippen LogP contribution in [0.25, 0.3) is 0 Å². The van der Waals surface area contributed by atoms with Gasteiger partial charge in [-0.25, -0.2) is 4.99 Å². The smallest absolute Gasteiger partial charge is 0.189 e. The molecule has 0 spiro atoms. The first-order chi connectivity index (χ1) is 8.24. The van der Waals surface area contributed by atoms with Crippen molar-refractivity contribution in [3.8, 4) is 0 Å². The molecule has 3 N–H and O–H groups in total. The highest BCUT2D eigenvalue weighted by Crippen LogP contribution is 2.16. The maximum atomic E-state index is 5.84. The van der Waals surface area contributed by atoms with E-state index in [1.807, 2.05) is 0 Å². The summed E-state index contributed by atoms with van der Waals surface area (Å²) >= 11 is 0. The lowest BCUT2D eigenvalue weighted by Gasteiger charge is -2.23. The Morgan fingerprint density at radius 1 is 1.53 bits per heavy atom. The van der Waals surface area contributed by atoms with Crippen LogP contribution in [0.4, 0.5) is 0 Å². The molecular weight excluding hydrogens is 216 g/mol. The zero-order valence-electron chi connectivity index (χ0n) is 10.3. The molecule has 0 bridgehead atoms. The van der Waals surface area contributed by atoms with Crippen LogP contribution in [-0.4, -0.2) is 27.0 Å². The van der Waals surface area contributed by atoms with E-state index in [0.29, 0.717) is 18.5 Å². The Morgan fingerprint density at radius 2 is 2.29 bits per heavy atom. The van der Waals surface area contributed by atoms with Crippen molar-refractivity contribution in [1.82, 2.24) is 20.3 Å². The van der Waals surface area contributed by atoms with Crippen LogP contribution in [0, 0.1) is 0 Å². The van der Waals surface area contributed by atoms with E-state index in [1.54, 1.807) is 13.2 Å². The summed E-state index contributed by atoms with van der Waals surface area (Å²) in [6.45, 7) is 0.486. The fourth-order valence-electron chi connectivity index (χ4n) is 2.13. The molecule has 0 atom stereocenters. The molecule has 1 aliphatic carbocycles. The number of aromatic nitrogens is 3. The van der Waals surface area contributed by atoms with Gasteiger partial charge in [0.05, 0.1) is 12.7 Å². The molecule has 0 amide bonds. The van der Waals surface area contributed by atoms with E-state index < -0.39 is 0 Å². The van der Waals surface area contributed by atoms with Gasteiger partial charge in [0.2, 0.25) is 0 Å². The van der Waals surface area contributed by atoms with Gasteiger partial charge in [0.25, 0.3) is 0 Å². The van der Waals surface area contributed by atoms with Gasteiger partial charge >= 0.3 is 0 Å². The van der Waals surface area contributed by atoms with Gasteiger partial charge in [-0.1, -0.05) is 19.3 Å². The predicted molar refractivity (Wildman–Crippen MR) is 66.3 cm³/mol. The predicted octanol–water partition coefficient (Wildman–Crippen LogP) is 0.552. The topological polar surface area (TPSA) is 81.1 Å². The first-order valence-electron chi connectivity index (χ1n) is 6.15. The molecule has 6 heteroatoms. The van der Waals surface area contributed by atoms with E-state index in [1.165, 1.54) is 36.9 Å². The average molecular weight is 236 g/mol. The molecule has 1 aliphatic rings. The molecule has 1 saturated carbocycles. The van der Waals surface area contributed by atoms with Crippen LogP contribution in [0.2, 0.25) is 0 Å². The lowest BCUT2D eigenvalue weighted by Crippen LogP contribution is -2.41. The van der Waals surface area contributed by atoms with Crippen LogP contribution in [0.15, 0.2) is 11.2 Å². The van der Waals surface area contributed by atoms with E-state index in [0.717, 1.165) is 5.69 Å². The molecule has 0 aliphatic heterocycles. The molecule has 6 nitrogen and oxygen atoms in total. The van der Waals surface area contributed by atoms with Crippen molar-refractivity contribution in [1.29, 1.82) is 0 Å². The quantitative estimate of drug-likeness (QED) is 0.593. The van der Waals surface area contributed by atoms with Gasteiger partial charge in [0.15, 0.2) is 5.96 Å². The second-order valence-corrected chi connectivity index (χ2v) is 4.51. The maximum absolute atomic E-state index is 5.84. The zero-order chi connectivity index (χ0) is 12.1. The summed E-state index contributed by atoms with van der Waals surface area (Å²) in [7, 11) is 1.79. The van der Waals surface area contributed by atoms with Crippen molar-refractivity contribution in [2.75, 3.05) is 0 Å². The third-order valence-electron chi connectivity index (χ3n) is 3.02. The standard InChI is InChI=1S/C11H20N6/c1-17-14-8-10(16-17)7-13-11(12)15-9-5-3-2-4-6-9/h8-9H,2-7H2,1H3,(H3,12,13,15). The number of hydrogen-bond donors (Lipinski definition) is 2. The third-order valence-corrected chi connectivity index (χ3v) is 3.02. The first kappa shape index (κ1) is 11.9. The number of aryl methyl sites for hydroxylation is 1. The van der Waals surface area contributed by atoms with Gasteiger partial charge in [0.1, 0.15) is 5.69 Å². The lowest BCUT2D eigenvalue weighted by atomic mass is 9.96. The lowest BCUT2D eigenvalue weighted by molar-refractivity contribution is 0.412. The molecule has 1 aromatic heterocycles. The van der Waals surface area contributed by atoms with Crippen LogP contribution in [0.5, 0.6) is 0 Å². The third kappa shape index (κ3) is 3.72. The monoisotopic (exact) mass is 236 g/mol. The summed E-state index contributed by atoms with van der Waals surface area (Å²) in [6.07, 6.45) is 8.01. The molecule has 1 aromatic rings. The normalized spacial score (nSPS) is 18.3. The molecule has 0 unspecified atom stereocenters. The minimum absolute atomic E-state index is 0.486. The molecule has 0 saturated heterocycles. The van der Waals surface area contributed by atoms with Crippen molar-refractivity contribution in [2.45, 2.75) is 44.7 Å². The van der Waals surface area contributed by atoms with Crippen LogP contribution < -0.4 is 11.1 Å². The fraction of sp³-hybridized carbons (Fsp3) is 0.727. The minimum atomic E-state index is 0.486. The zero-order valence-corrected chi connectivity index (χ0v) is 10.3. The summed E-state index contributed by atoms with van der Waals surface area (Å²) in [4.78, 5) is 5.79. The Morgan fingerprint density at radius 3 is 2.94 bits per heavy atom. The highest BCUT2D eigenvalue weighted by molar-refractivity contribution is 5.78. The Hall–Kier alpha value is -1.59. The van der Waals surface area contributed by atoms with Crippen LogP contribution in [0.1, 0.15) is 37.8 Å². The van der Waals surface area contributed by atoms with E-state index >= 15 is 0 Å². The van der Waals surface area contributed by atoms with Crippen molar-refractivity contribution < 1.29 is 0 Å². The van der Waals surface area contributed by atoms with E-state index in [-0.39, 0.29) is 0 Å². The van der Waals surface area contributed by atoms with Crippen LogP contribution in [-0.2, 0) is 13.6 Å². The summed E-state index contributed by atoms with van der Waals surface area (Å²) in [5, 5.41) is 11.4. The number of nitrogens with one attached hydrogen (secondary N) is 1. The van der Waals surface area contributed by atoms with Gasteiger partial charge in [-0.15, -0.1) is 0 Å². The Bertz CT molecular complexity index is 377. The summed E-state index contributed by atoms with van der Waals surface area (Å²) < 4.78 is 0. The summed E-state index contributed by atoms with van der Waals surface area (Å²) in [6, 6.07) is 0.495. The highest BCUT2D eigenvalue weighted by atomic mass is 15.4. The van der Waals surface area contributed by atoms with Gasteiger partial charge in [-0.2, -0.15) is 15.0 Å². The fourth-order valence-corrected chi connectivity index (χ4v) is 2.13. The average Bonchev–Trinajstić information content (AvgIpc) is 2.74. The van der Waals surface area contributed by atoms with E-state index in [9.17, 15) is 0 Å². The Balaban J connectivity index is 1.80. The summed E-state index contributed by atoms with van der Waals surface area (Å²) in [5.74, 6) is 0.516. The first-order valence-corrected chi connectivity index (χ1v) is 6.15. The number of aliphatic imine (C=N–C) groups is 1.